The summed E-state index contributed by atoms with van der Waals surface area (Å²) in [4.78, 5) is 0. The molecule has 0 radical (unpaired) electrons. The SMILES string of the molecule is C[C@@H]1C[C@H](O)[C@@H]2C[C@@H]1C2(C)C. The highest BCUT2D eigenvalue weighted by molar-refractivity contribution is 5.05. The second kappa shape index (κ2) is 2.01. The molecule has 0 unspecified atom stereocenters. The lowest BCUT2D eigenvalue weighted by atomic mass is 9.45. The van der Waals surface area contributed by atoms with Crippen molar-refractivity contribution in [3.63, 3.8) is 0 Å². The third-order valence-corrected chi connectivity index (χ3v) is 4.18. The van der Waals surface area contributed by atoms with Gasteiger partial charge in [-0.15, -0.1) is 0 Å². The molecule has 64 valence electrons. The Labute approximate surface area is 68.8 Å². The fourth-order valence-corrected chi connectivity index (χ4v) is 3.32. The summed E-state index contributed by atoms with van der Waals surface area (Å²) in [6.45, 7) is 6.90. The first-order valence-electron chi connectivity index (χ1n) is 4.71. The predicted molar refractivity (Wildman–Crippen MR) is 45.2 cm³/mol. The molecule has 0 spiro atoms. The molecule has 3 fully saturated rings. The number of hydrogen-bond donors (Lipinski definition) is 1. The van der Waals surface area contributed by atoms with E-state index in [0.717, 1.165) is 18.3 Å². The van der Waals surface area contributed by atoms with E-state index < -0.39 is 0 Å². The molecule has 0 aliphatic heterocycles. The lowest BCUT2D eigenvalue weighted by Gasteiger charge is -2.61. The van der Waals surface area contributed by atoms with Crippen LogP contribution in [0, 0.1) is 23.2 Å². The van der Waals surface area contributed by atoms with Gasteiger partial charge in [-0.05, 0) is 36.0 Å². The summed E-state index contributed by atoms with van der Waals surface area (Å²) in [5.74, 6) is 2.23. The summed E-state index contributed by atoms with van der Waals surface area (Å²) in [5.41, 5.74) is 0.428. The number of aliphatic hydroxyl groups is 1. The summed E-state index contributed by atoms with van der Waals surface area (Å²) < 4.78 is 0. The van der Waals surface area contributed by atoms with Crippen molar-refractivity contribution in [1.82, 2.24) is 0 Å². The smallest absolute Gasteiger partial charge is 0.0576 e. The van der Waals surface area contributed by atoms with Gasteiger partial charge in [-0.1, -0.05) is 20.8 Å². The Morgan fingerprint density at radius 2 is 1.82 bits per heavy atom. The van der Waals surface area contributed by atoms with Crippen molar-refractivity contribution in [3.8, 4) is 0 Å². The topological polar surface area (TPSA) is 20.2 Å². The summed E-state index contributed by atoms with van der Waals surface area (Å²) in [6, 6.07) is 0. The first kappa shape index (κ1) is 7.60. The fraction of sp³-hybridized carbons (Fsp3) is 1.00. The Bertz CT molecular complexity index is 158. The van der Waals surface area contributed by atoms with Gasteiger partial charge in [-0.25, -0.2) is 0 Å². The molecule has 1 N–H and O–H groups in total. The van der Waals surface area contributed by atoms with Crippen molar-refractivity contribution in [3.05, 3.63) is 0 Å². The lowest BCUT2D eigenvalue weighted by molar-refractivity contribution is -0.167. The van der Waals surface area contributed by atoms with Crippen LogP contribution in [0.5, 0.6) is 0 Å². The van der Waals surface area contributed by atoms with Gasteiger partial charge >= 0.3 is 0 Å². The molecule has 0 heterocycles. The highest BCUT2D eigenvalue weighted by Gasteiger charge is 2.56. The highest BCUT2D eigenvalue weighted by Crippen LogP contribution is 2.61. The van der Waals surface area contributed by atoms with Gasteiger partial charge in [0.25, 0.3) is 0 Å². The van der Waals surface area contributed by atoms with E-state index in [-0.39, 0.29) is 6.10 Å². The summed E-state index contributed by atoms with van der Waals surface area (Å²) in [5, 5.41) is 9.72. The number of hydrogen-bond acceptors (Lipinski definition) is 1. The van der Waals surface area contributed by atoms with E-state index in [1.807, 2.05) is 0 Å². The Balaban J connectivity index is 2.20. The van der Waals surface area contributed by atoms with Crippen LogP contribution in [0.3, 0.4) is 0 Å². The van der Waals surface area contributed by atoms with Crippen molar-refractivity contribution >= 4 is 0 Å². The van der Waals surface area contributed by atoms with Crippen LogP contribution in [-0.4, -0.2) is 11.2 Å². The molecule has 1 nitrogen and oxygen atoms in total. The minimum absolute atomic E-state index is 0.00926. The molecular formula is C10H18O. The van der Waals surface area contributed by atoms with Crippen molar-refractivity contribution < 1.29 is 5.11 Å². The van der Waals surface area contributed by atoms with Crippen LogP contribution >= 0.6 is 0 Å². The largest absolute Gasteiger partial charge is 0.393 e. The zero-order valence-corrected chi connectivity index (χ0v) is 7.67. The molecule has 11 heavy (non-hydrogen) atoms. The summed E-state index contributed by atoms with van der Waals surface area (Å²) >= 11 is 0. The van der Waals surface area contributed by atoms with Crippen LogP contribution < -0.4 is 0 Å². The van der Waals surface area contributed by atoms with Gasteiger partial charge in [0, 0.05) is 0 Å². The minimum atomic E-state index is -0.00926. The molecule has 3 rings (SSSR count). The maximum atomic E-state index is 9.72. The first-order chi connectivity index (χ1) is 5.03. The minimum Gasteiger partial charge on any atom is -0.393 e. The lowest BCUT2D eigenvalue weighted by Crippen LogP contribution is -2.57. The van der Waals surface area contributed by atoms with Gasteiger partial charge in [-0.2, -0.15) is 0 Å². The van der Waals surface area contributed by atoms with E-state index in [9.17, 15) is 5.11 Å². The third-order valence-electron chi connectivity index (χ3n) is 4.18. The normalized spacial score (nSPS) is 53.5. The molecule has 0 amide bonds. The molecule has 0 aromatic heterocycles. The summed E-state index contributed by atoms with van der Waals surface area (Å²) in [7, 11) is 0. The molecule has 4 atom stereocenters. The van der Waals surface area contributed by atoms with E-state index in [0.29, 0.717) is 11.3 Å². The molecule has 0 saturated heterocycles. The van der Waals surface area contributed by atoms with Crippen LogP contribution in [0.25, 0.3) is 0 Å². The molecule has 3 aliphatic carbocycles. The molecule has 0 aromatic carbocycles. The second-order valence-corrected chi connectivity index (χ2v) is 5.05. The van der Waals surface area contributed by atoms with Gasteiger partial charge in [0.15, 0.2) is 0 Å². The van der Waals surface area contributed by atoms with Gasteiger partial charge in [0.1, 0.15) is 0 Å². The molecule has 1 heteroatoms. The van der Waals surface area contributed by atoms with Crippen molar-refractivity contribution in [2.24, 2.45) is 23.2 Å². The van der Waals surface area contributed by atoms with Gasteiger partial charge < -0.3 is 5.11 Å². The number of rotatable bonds is 0. The molecule has 3 aliphatic rings. The average Bonchev–Trinajstić information content (AvgIpc) is 1.84. The predicted octanol–water partition coefficient (Wildman–Crippen LogP) is 2.05. The Kier molecular flexibility index (Phi) is 1.39. The van der Waals surface area contributed by atoms with Crippen molar-refractivity contribution in [2.75, 3.05) is 0 Å². The number of fused-ring (bicyclic) bond motifs is 2. The van der Waals surface area contributed by atoms with Gasteiger partial charge in [0.2, 0.25) is 0 Å². The first-order valence-corrected chi connectivity index (χ1v) is 4.71. The summed E-state index contributed by atoms with van der Waals surface area (Å²) in [6.07, 6.45) is 2.30. The van der Waals surface area contributed by atoms with Crippen LogP contribution in [-0.2, 0) is 0 Å². The van der Waals surface area contributed by atoms with Crippen LogP contribution in [0.4, 0.5) is 0 Å². The van der Waals surface area contributed by atoms with Gasteiger partial charge in [-0.3, -0.25) is 0 Å². The molecule has 3 saturated carbocycles. The van der Waals surface area contributed by atoms with E-state index >= 15 is 0 Å². The van der Waals surface area contributed by atoms with Crippen LogP contribution in [0.15, 0.2) is 0 Å². The van der Waals surface area contributed by atoms with Crippen LogP contribution in [0.2, 0.25) is 0 Å². The Hall–Kier alpha value is -0.0400. The van der Waals surface area contributed by atoms with Crippen molar-refractivity contribution in [2.45, 2.75) is 39.7 Å². The molecule has 2 bridgehead atoms. The Morgan fingerprint density at radius 3 is 2.18 bits per heavy atom. The Morgan fingerprint density at radius 1 is 1.18 bits per heavy atom. The van der Waals surface area contributed by atoms with Crippen molar-refractivity contribution in [1.29, 1.82) is 0 Å². The second-order valence-electron chi connectivity index (χ2n) is 5.05. The fourth-order valence-electron chi connectivity index (χ4n) is 3.32. The monoisotopic (exact) mass is 154 g/mol. The van der Waals surface area contributed by atoms with E-state index in [2.05, 4.69) is 20.8 Å². The van der Waals surface area contributed by atoms with Gasteiger partial charge in [0.05, 0.1) is 6.10 Å². The zero-order chi connectivity index (χ0) is 8.22. The number of aliphatic hydroxyl groups excluding tert-OH is 1. The zero-order valence-electron chi connectivity index (χ0n) is 7.67. The van der Waals surface area contributed by atoms with E-state index in [1.54, 1.807) is 0 Å². The average molecular weight is 154 g/mol. The quantitative estimate of drug-likeness (QED) is 0.566. The molecule has 0 aromatic rings. The van der Waals surface area contributed by atoms with E-state index in [1.165, 1.54) is 6.42 Å². The maximum Gasteiger partial charge on any atom is 0.0576 e. The maximum absolute atomic E-state index is 9.72. The standard InChI is InChI=1S/C10H18O/c1-6-4-9(11)8-5-7(6)10(8,2)3/h6-9,11H,4-5H2,1-3H3/t6-,7+,8+,9+/m1/s1. The third kappa shape index (κ3) is 0.807. The molecular weight excluding hydrogens is 136 g/mol. The highest BCUT2D eigenvalue weighted by atomic mass is 16.3. The van der Waals surface area contributed by atoms with Crippen LogP contribution in [0.1, 0.15) is 33.6 Å². The van der Waals surface area contributed by atoms with E-state index in [4.69, 9.17) is 0 Å².